The van der Waals surface area contributed by atoms with Crippen molar-refractivity contribution in [3.8, 4) is 11.5 Å². The Morgan fingerprint density at radius 1 is 0.969 bits per heavy atom. The van der Waals surface area contributed by atoms with Crippen molar-refractivity contribution in [3.63, 3.8) is 0 Å². The number of pyridine rings is 1. The molecule has 0 saturated carbocycles. The average Bonchev–Trinajstić information content (AvgIpc) is 3.29. The van der Waals surface area contributed by atoms with Gasteiger partial charge in [0.15, 0.2) is 17.3 Å². The topological polar surface area (TPSA) is 78.3 Å². The van der Waals surface area contributed by atoms with Crippen LogP contribution >= 0.6 is 0 Å². The number of aromatic nitrogens is 3. The number of carbonyl (C=O) groups is 1. The molecular weight excluding hydrogens is 404 g/mol. The van der Waals surface area contributed by atoms with E-state index >= 15 is 0 Å². The van der Waals surface area contributed by atoms with Crippen LogP contribution in [0.4, 0.5) is 5.82 Å². The lowest BCUT2D eigenvalue weighted by Gasteiger charge is -2.12. The molecule has 4 aromatic rings. The van der Waals surface area contributed by atoms with E-state index in [1.807, 2.05) is 48.7 Å². The van der Waals surface area contributed by atoms with Crippen LogP contribution in [0.2, 0.25) is 0 Å². The van der Waals surface area contributed by atoms with E-state index in [0.717, 1.165) is 12.0 Å². The van der Waals surface area contributed by atoms with E-state index < -0.39 is 0 Å². The van der Waals surface area contributed by atoms with Gasteiger partial charge in [-0.05, 0) is 47.9 Å². The quantitative estimate of drug-likeness (QED) is 0.429. The summed E-state index contributed by atoms with van der Waals surface area (Å²) in [7, 11) is 1.55. The fraction of sp³-hybridized carbons (Fsp3) is 0.160. The normalized spacial score (nSPS) is 10.5. The Kier molecular flexibility index (Phi) is 6.77. The van der Waals surface area contributed by atoms with Crippen LogP contribution < -0.4 is 14.8 Å². The van der Waals surface area contributed by atoms with Gasteiger partial charge in [-0.2, -0.15) is 5.10 Å². The lowest BCUT2D eigenvalue weighted by molar-refractivity contribution is 0.102. The number of nitrogens with zero attached hydrogens (tertiary/aromatic N) is 3. The molecule has 32 heavy (non-hydrogen) atoms. The number of carbonyl (C=O) groups excluding carboxylic acids is 1. The fourth-order valence-electron chi connectivity index (χ4n) is 3.20. The number of anilines is 1. The molecule has 2 aromatic heterocycles. The first-order valence-electron chi connectivity index (χ1n) is 10.3. The Bertz CT molecular complexity index is 1160. The number of amides is 1. The van der Waals surface area contributed by atoms with Crippen LogP contribution in [-0.2, 0) is 19.6 Å². The lowest BCUT2D eigenvalue weighted by Crippen LogP contribution is -2.13. The van der Waals surface area contributed by atoms with Crippen molar-refractivity contribution >= 4 is 11.7 Å². The van der Waals surface area contributed by atoms with Gasteiger partial charge in [-0.1, -0.05) is 30.3 Å². The predicted molar refractivity (Wildman–Crippen MR) is 122 cm³/mol. The van der Waals surface area contributed by atoms with E-state index in [9.17, 15) is 4.79 Å². The first-order valence-corrected chi connectivity index (χ1v) is 10.3. The van der Waals surface area contributed by atoms with Gasteiger partial charge in [-0.15, -0.1) is 0 Å². The molecule has 0 aliphatic rings. The monoisotopic (exact) mass is 428 g/mol. The van der Waals surface area contributed by atoms with Gasteiger partial charge in [0, 0.05) is 36.8 Å². The third-order valence-electron chi connectivity index (χ3n) is 4.92. The van der Waals surface area contributed by atoms with Crippen molar-refractivity contribution in [2.24, 2.45) is 0 Å². The van der Waals surface area contributed by atoms with E-state index in [2.05, 4.69) is 15.4 Å². The average molecular weight is 428 g/mol. The lowest BCUT2D eigenvalue weighted by atomic mass is 10.2. The molecule has 0 fully saturated rings. The van der Waals surface area contributed by atoms with Crippen LogP contribution in [0.15, 0.2) is 85.3 Å². The van der Waals surface area contributed by atoms with E-state index in [0.29, 0.717) is 36.0 Å². The minimum absolute atomic E-state index is 0.266. The molecule has 2 aromatic carbocycles. The number of rotatable bonds is 9. The molecule has 0 atom stereocenters. The summed E-state index contributed by atoms with van der Waals surface area (Å²) in [6, 6.07) is 20.7. The molecule has 7 heteroatoms. The summed E-state index contributed by atoms with van der Waals surface area (Å²) in [6.45, 7) is 1.13. The van der Waals surface area contributed by atoms with Gasteiger partial charge in [0.1, 0.15) is 6.61 Å². The molecule has 0 aliphatic carbocycles. The number of hydrogen-bond acceptors (Lipinski definition) is 5. The molecule has 7 nitrogen and oxygen atoms in total. The molecule has 4 rings (SSSR count). The summed E-state index contributed by atoms with van der Waals surface area (Å²) in [5.41, 5.74) is 2.69. The highest BCUT2D eigenvalue weighted by molar-refractivity contribution is 6.04. The van der Waals surface area contributed by atoms with Crippen LogP contribution in [-0.4, -0.2) is 27.8 Å². The third-order valence-corrected chi connectivity index (χ3v) is 4.92. The van der Waals surface area contributed by atoms with Crippen molar-refractivity contribution in [3.05, 3.63) is 102 Å². The molecular formula is C25H24N4O3. The summed E-state index contributed by atoms with van der Waals surface area (Å²) >= 11 is 0. The number of nitrogens with one attached hydrogen (secondary N) is 1. The highest BCUT2D eigenvalue weighted by Gasteiger charge is 2.13. The molecule has 162 valence electrons. The SMILES string of the molecule is COc1cc(C(=O)Nc2ccn(CCc3ccncc3)n2)ccc1OCc1ccccc1. The van der Waals surface area contributed by atoms with E-state index in [4.69, 9.17) is 9.47 Å². The van der Waals surface area contributed by atoms with Gasteiger partial charge in [-0.3, -0.25) is 14.5 Å². The van der Waals surface area contributed by atoms with Crippen LogP contribution in [0, 0.1) is 0 Å². The van der Waals surface area contributed by atoms with Crippen molar-refractivity contribution < 1.29 is 14.3 Å². The van der Waals surface area contributed by atoms with Gasteiger partial charge in [-0.25, -0.2) is 0 Å². The smallest absolute Gasteiger partial charge is 0.257 e. The molecule has 2 heterocycles. The van der Waals surface area contributed by atoms with Gasteiger partial charge in [0.2, 0.25) is 0 Å². The summed E-state index contributed by atoms with van der Waals surface area (Å²) in [5, 5.41) is 7.26. The Hall–Kier alpha value is -4.13. The molecule has 0 unspecified atom stereocenters. The Morgan fingerprint density at radius 2 is 1.78 bits per heavy atom. The molecule has 0 radical (unpaired) electrons. The number of ether oxygens (including phenoxy) is 2. The van der Waals surface area contributed by atoms with E-state index in [1.54, 1.807) is 48.5 Å². The second-order valence-electron chi connectivity index (χ2n) is 7.16. The predicted octanol–water partition coefficient (Wildman–Crippen LogP) is 4.36. The minimum atomic E-state index is -0.266. The summed E-state index contributed by atoms with van der Waals surface area (Å²) < 4.78 is 13.1. The highest BCUT2D eigenvalue weighted by Crippen LogP contribution is 2.29. The van der Waals surface area contributed by atoms with Crippen LogP contribution in [0.25, 0.3) is 0 Å². The molecule has 0 bridgehead atoms. The molecule has 0 saturated heterocycles. The van der Waals surface area contributed by atoms with Gasteiger partial charge in [0.05, 0.1) is 7.11 Å². The largest absolute Gasteiger partial charge is 0.493 e. The maximum Gasteiger partial charge on any atom is 0.257 e. The Balaban J connectivity index is 1.36. The molecule has 0 spiro atoms. The van der Waals surface area contributed by atoms with Gasteiger partial charge < -0.3 is 14.8 Å². The highest BCUT2D eigenvalue weighted by atomic mass is 16.5. The van der Waals surface area contributed by atoms with Crippen LogP contribution in [0.3, 0.4) is 0 Å². The third kappa shape index (κ3) is 5.51. The van der Waals surface area contributed by atoms with Crippen LogP contribution in [0.5, 0.6) is 11.5 Å². The number of aryl methyl sites for hydroxylation is 2. The number of benzene rings is 2. The zero-order chi connectivity index (χ0) is 22.2. The number of methoxy groups -OCH3 is 1. The summed E-state index contributed by atoms with van der Waals surface area (Å²) in [6.07, 6.45) is 6.23. The van der Waals surface area contributed by atoms with Crippen molar-refractivity contribution in [2.75, 3.05) is 12.4 Å². The first-order chi connectivity index (χ1) is 15.7. The Morgan fingerprint density at radius 3 is 2.56 bits per heavy atom. The summed E-state index contributed by atoms with van der Waals surface area (Å²) in [4.78, 5) is 16.7. The van der Waals surface area contributed by atoms with Gasteiger partial charge >= 0.3 is 0 Å². The summed E-state index contributed by atoms with van der Waals surface area (Å²) in [5.74, 6) is 1.30. The fourth-order valence-corrected chi connectivity index (χ4v) is 3.20. The zero-order valence-corrected chi connectivity index (χ0v) is 17.8. The van der Waals surface area contributed by atoms with Crippen molar-refractivity contribution in [2.45, 2.75) is 19.6 Å². The molecule has 0 aliphatic heterocycles. The standard InChI is InChI=1S/C25H24N4O3/c1-31-23-17-21(7-8-22(23)32-18-20-5-3-2-4-6-20)25(30)27-24-12-16-29(28-24)15-11-19-9-13-26-14-10-19/h2-10,12-14,16-17H,11,15,18H2,1H3,(H,27,28,30). The number of hydrogen-bond donors (Lipinski definition) is 1. The van der Waals surface area contributed by atoms with Crippen LogP contribution in [0.1, 0.15) is 21.5 Å². The van der Waals surface area contributed by atoms with Crippen molar-refractivity contribution in [1.29, 1.82) is 0 Å². The second-order valence-corrected chi connectivity index (χ2v) is 7.16. The first kappa shape index (κ1) is 21.1. The Labute approximate surface area is 186 Å². The zero-order valence-electron chi connectivity index (χ0n) is 17.8. The minimum Gasteiger partial charge on any atom is -0.493 e. The second kappa shape index (κ2) is 10.3. The van der Waals surface area contributed by atoms with E-state index in [1.165, 1.54) is 5.56 Å². The van der Waals surface area contributed by atoms with Crippen molar-refractivity contribution in [1.82, 2.24) is 14.8 Å². The maximum atomic E-state index is 12.7. The van der Waals surface area contributed by atoms with Gasteiger partial charge in [0.25, 0.3) is 5.91 Å². The van der Waals surface area contributed by atoms with E-state index in [-0.39, 0.29) is 5.91 Å². The molecule has 1 amide bonds. The maximum absolute atomic E-state index is 12.7. The molecule has 1 N–H and O–H groups in total.